The third-order valence-electron chi connectivity index (χ3n) is 15.3. The van der Waals surface area contributed by atoms with Gasteiger partial charge in [0.05, 0.1) is 0 Å². The summed E-state index contributed by atoms with van der Waals surface area (Å²) < 4.78 is 17.0. The monoisotopic (exact) mass is 1080 g/mol. The Morgan fingerprint density at radius 3 is 0.740 bits per heavy atom. The van der Waals surface area contributed by atoms with Crippen molar-refractivity contribution in [2.24, 2.45) is 0 Å². The van der Waals surface area contributed by atoms with Crippen LogP contribution in [0.15, 0.2) is 48.6 Å². The first-order chi connectivity index (χ1) is 38.0. The number of rotatable bonds is 63. The Morgan fingerprint density at radius 2 is 0.468 bits per heavy atom. The van der Waals surface area contributed by atoms with Gasteiger partial charge in [0.2, 0.25) is 0 Å². The van der Waals surface area contributed by atoms with Crippen LogP contribution in [0.1, 0.15) is 367 Å². The maximum Gasteiger partial charge on any atom is 0.306 e. The van der Waals surface area contributed by atoms with E-state index in [9.17, 15) is 14.4 Å². The maximum absolute atomic E-state index is 12.9. The van der Waals surface area contributed by atoms with Gasteiger partial charge in [-0.3, -0.25) is 14.4 Å². The first-order valence-electron chi connectivity index (χ1n) is 34.1. The van der Waals surface area contributed by atoms with Crippen LogP contribution < -0.4 is 0 Å². The smallest absolute Gasteiger partial charge is 0.306 e. The Labute approximate surface area is 479 Å². The van der Waals surface area contributed by atoms with Gasteiger partial charge >= 0.3 is 17.9 Å². The molecule has 0 aliphatic heterocycles. The number of allylic oxidation sites excluding steroid dienone is 8. The van der Waals surface area contributed by atoms with E-state index in [-0.39, 0.29) is 31.1 Å². The predicted octanol–water partition coefficient (Wildman–Crippen LogP) is 23.3. The third kappa shape index (κ3) is 64.1. The van der Waals surface area contributed by atoms with E-state index >= 15 is 0 Å². The molecule has 0 N–H and O–H groups in total. The van der Waals surface area contributed by atoms with Gasteiger partial charge in [0.1, 0.15) is 13.2 Å². The minimum Gasteiger partial charge on any atom is -0.462 e. The number of hydrogen-bond acceptors (Lipinski definition) is 6. The van der Waals surface area contributed by atoms with Crippen LogP contribution in [0.5, 0.6) is 0 Å². The minimum absolute atomic E-state index is 0.0760. The lowest BCUT2D eigenvalue weighted by molar-refractivity contribution is -0.167. The average Bonchev–Trinajstić information content (AvgIpc) is 3.43. The zero-order valence-corrected chi connectivity index (χ0v) is 51.7. The first-order valence-corrected chi connectivity index (χ1v) is 34.1. The van der Waals surface area contributed by atoms with E-state index < -0.39 is 6.10 Å². The number of ether oxygens (including phenoxy) is 3. The highest BCUT2D eigenvalue weighted by Gasteiger charge is 2.19. The fraction of sp³-hybridized carbons (Fsp3) is 0.845. The van der Waals surface area contributed by atoms with E-state index in [0.29, 0.717) is 19.3 Å². The van der Waals surface area contributed by atoms with Crippen LogP contribution in [0.3, 0.4) is 0 Å². The molecule has 0 radical (unpaired) electrons. The maximum atomic E-state index is 12.9. The molecule has 0 aromatic rings. The van der Waals surface area contributed by atoms with Crippen LogP contribution in [0.2, 0.25) is 0 Å². The van der Waals surface area contributed by atoms with Gasteiger partial charge in [-0.15, -0.1) is 0 Å². The summed E-state index contributed by atoms with van der Waals surface area (Å²) in [5, 5.41) is 0. The lowest BCUT2D eigenvalue weighted by Gasteiger charge is -2.18. The highest BCUT2D eigenvalue weighted by atomic mass is 16.6. The van der Waals surface area contributed by atoms with Crippen LogP contribution >= 0.6 is 0 Å². The Bertz CT molecular complexity index is 1330. The van der Waals surface area contributed by atoms with Crippen molar-refractivity contribution in [1.29, 1.82) is 0 Å². The topological polar surface area (TPSA) is 78.9 Å². The van der Waals surface area contributed by atoms with Gasteiger partial charge in [-0.2, -0.15) is 0 Å². The Morgan fingerprint density at radius 1 is 0.260 bits per heavy atom. The zero-order chi connectivity index (χ0) is 55.7. The van der Waals surface area contributed by atoms with Crippen LogP contribution in [0, 0.1) is 0 Å². The molecule has 0 rings (SSSR count). The lowest BCUT2D eigenvalue weighted by atomic mass is 10.0. The fourth-order valence-electron chi connectivity index (χ4n) is 10.2. The van der Waals surface area contributed by atoms with Gasteiger partial charge in [-0.25, -0.2) is 0 Å². The van der Waals surface area contributed by atoms with E-state index in [1.165, 1.54) is 250 Å². The molecule has 0 aliphatic carbocycles. The quantitative estimate of drug-likeness (QED) is 0.0261. The lowest BCUT2D eigenvalue weighted by Crippen LogP contribution is -2.30. The van der Waals surface area contributed by atoms with Gasteiger partial charge in [-0.1, -0.05) is 313 Å². The van der Waals surface area contributed by atoms with E-state index in [0.717, 1.165) is 77.0 Å². The fourth-order valence-corrected chi connectivity index (χ4v) is 10.2. The highest BCUT2D eigenvalue weighted by Crippen LogP contribution is 2.18. The molecule has 1 atom stereocenters. The molecule has 77 heavy (non-hydrogen) atoms. The Kier molecular flexibility index (Phi) is 63.6. The molecule has 0 aromatic carbocycles. The predicted molar refractivity (Wildman–Crippen MR) is 335 cm³/mol. The normalized spacial score (nSPS) is 12.3. The standard InChI is InChI=1S/C71H130O6/c1-4-7-10-13-16-19-22-25-28-31-33-35-37-40-43-46-49-52-55-58-61-64-70(73)76-67-68(66-75-69(72)63-60-57-54-51-48-45-42-39-30-27-24-21-18-15-12-9-6-3)77-71(74)65-62-59-56-53-50-47-44-41-38-36-34-32-29-26-23-20-17-14-11-8-5-2/h22,25,27,30-31,33,37,40,68H,4-21,23-24,26,28-29,32,34-36,38-39,41-67H2,1-3H3/b25-22-,30-27-,33-31-,40-37-. The second-order valence-electron chi connectivity index (χ2n) is 23.1. The summed E-state index contributed by atoms with van der Waals surface area (Å²) in [6.07, 6.45) is 82.6. The zero-order valence-electron chi connectivity index (χ0n) is 51.7. The summed E-state index contributed by atoms with van der Waals surface area (Å²) in [6, 6.07) is 0. The molecule has 0 bridgehead atoms. The van der Waals surface area contributed by atoms with Crippen molar-refractivity contribution in [1.82, 2.24) is 0 Å². The summed E-state index contributed by atoms with van der Waals surface area (Å²) in [4.78, 5) is 38.4. The molecule has 0 aliphatic rings. The van der Waals surface area contributed by atoms with E-state index in [1.54, 1.807) is 0 Å². The molecule has 0 fully saturated rings. The van der Waals surface area contributed by atoms with Crippen molar-refractivity contribution in [2.75, 3.05) is 13.2 Å². The van der Waals surface area contributed by atoms with Crippen molar-refractivity contribution in [3.8, 4) is 0 Å². The van der Waals surface area contributed by atoms with Crippen molar-refractivity contribution in [2.45, 2.75) is 374 Å². The van der Waals surface area contributed by atoms with Crippen LogP contribution in [0.4, 0.5) is 0 Å². The van der Waals surface area contributed by atoms with Gasteiger partial charge < -0.3 is 14.2 Å². The molecule has 0 saturated carbocycles. The summed E-state index contributed by atoms with van der Waals surface area (Å²) in [7, 11) is 0. The molecule has 0 spiro atoms. The molecule has 450 valence electrons. The number of unbranched alkanes of at least 4 members (excludes halogenated alkanes) is 44. The van der Waals surface area contributed by atoms with Gasteiger partial charge in [0, 0.05) is 19.3 Å². The van der Waals surface area contributed by atoms with E-state index in [1.807, 2.05) is 0 Å². The SMILES string of the molecule is CCCCCCC/C=C\C/C=C\C/C=C\CCCCCCCCC(=O)OCC(COC(=O)CCCCCCCCC/C=C\CCCCCCCC)OC(=O)CCCCCCCCCCCCCCCCCCCCCCC. The molecule has 0 aromatic heterocycles. The van der Waals surface area contributed by atoms with Crippen molar-refractivity contribution >= 4 is 17.9 Å². The van der Waals surface area contributed by atoms with E-state index in [2.05, 4.69) is 69.4 Å². The minimum atomic E-state index is -0.780. The molecule has 6 heteroatoms. The summed E-state index contributed by atoms with van der Waals surface area (Å²) in [6.45, 7) is 6.68. The van der Waals surface area contributed by atoms with Crippen LogP contribution in [-0.2, 0) is 28.6 Å². The van der Waals surface area contributed by atoms with Crippen molar-refractivity contribution in [3.05, 3.63) is 48.6 Å². The molecular weight excluding hydrogens is 949 g/mol. The van der Waals surface area contributed by atoms with Crippen LogP contribution in [-0.4, -0.2) is 37.2 Å². The van der Waals surface area contributed by atoms with E-state index in [4.69, 9.17) is 14.2 Å². The number of hydrogen-bond donors (Lipinski definition) is 0. The Hall–Kier alpha value is -2.63. The Balaban J connectivity index is 4.36. The number of carbonyl (C=O) groups is 3. The molecular formula is C71H130O6. The van der Waals surface area contributed by atoms with Crippen molar-refractivity contribution < 1.29 is 28.6 Å². The summed E-state index contributed by atoms with van der Waals surface area (Å²) >= 11 is 0. The number of carbonyl (C=O) groups excluding carboxylic acids is 3. The van der Waals surface area contributed by atoms with Crippen LogP contribution in [0.25, 0.3) is 0 Å². The van der Waals surface area contributed by atoms with Gasteiger partial charge in [0.25, 0.3) is 0 Å². The summed E-state index contributed by atoms with van der Waals surface area (Å²) in [5.74, 6) is -0.867. The largest absolute Gasteiger partial charge is 0.462 e. The molecule has 0 amide bonds. The third-order valence-corrected chi connectivity index (χ3v) is 15.3. The molecule has 1 unspecified atom stereocenters. The van der Waals surface area contributed by atoms with Gasteiger partial charge in [0.15, 0.2) is 6.10 Å². The van der Waals surface area contributed by atoms with Gasteiger partial charge in [-0.05, 0) is 83.5 Å². The number of esters is 3. The second-order valence-corrected chi connectivity index (χ2v) is 23.1. The molecule has 0 saturated heterocycles. The molecule has 0 heterocycles. The highest BCUT2D eigenvalue weighted by molar-refractivity contribution is 5.71. The first kappa shape index (κ1) is 74.4. The summed E-state index contributed by atoms with van der Waals surface area (Å²) in [5.41, 5.74) is 0. The van der Waals surface area contributed by atoms with Crippen molar-refractivity contribution in [3.63, 3.8) is 0 Å². The molecule has 6 nitrogen and oxygen atoms in total. The second kappa shape index (κ2) is 65.9. The average molecular weight is 1080 g/mol.